The van der Waals surface area contributed by atoms with Gasteiger partial charge in [0.1, 0.15) is 0 Å². The van der Waals surface area contributed by atoms with E-state index in [0.717, 1.165) is 32.1 Å². The summed E-state index contributed by atoms with van der Waals surface area (Å²) in [5, 5.41) is 0. The van der Waals surface area contributed by atoms with Crippen LogP contribution >= 0.6 is 0 Å². The van der Waals surface area contributed by atoms with Crippen LogP contribution in [0.1, 0.15) is 45.4 Å². The van der Waals surface area contributed by atoms with Gasteiger partial charge in [0.05, 0.1) is 7.11 Å². The van der Waals surface area contributed by atoms with Crippen molar-refractivity contribution in [2.24, 2.45) is 11.8 Å². The van der Waals surface area contributed by atoms with Gasteiger partial charge in [-0.15, -0.1) is 0 Å². The Kier molecular flexibility index (Phi) is 7.33. The third kappa shape index (κ3) is 5.59. The van der Waals surface area contributed by atoms with Crippen molar-refractivity contribution in [1.29, 1.82) is 0 Å². The topological polar surface area (TPSA) is 52.6 Å². The van der Waals surface area contributed by atoms with E-state index in [9.17, 15) is 9.59 Å². The molecule has 22 heavy (non-hydrogen) atoms. The minimum Gasteiger partial charge on any atom is -0.519 e. The molecule has 0 amide bonds. The van der Waals surface area contributed by atoms with Gasteiger partial charge in [-0.3, -0.25) is 9.59 Å². The van der Waals surface area contributed by atoms with Gasteiger partial charge in [-0.2, -0.15) is 0 Å². The average molecular weight is 327 g/mol. The molecule has 2 atom stereocenters. The monoisotopic (exact) mass is 326 g/mol. The molecule has 0 N–H and O–H groups in total. The third-order valence-electron chi connectivity index (χ3n) is 3.95. The average Bonchev–Trinajstić information content (AvgIpc) is 2.85. The van der Waals surface area contributed by atoms with Gasteiger partial charge in [0.2, 0.25) is 8.32 Å². The highest BCUT2D eigenvalue weighted by Gasteiger charge is 2.41. The van der Waals surface area contributed by atoms with E-state index in [2.05, 4.69) is 13.0 Å². The van der Waals surface area contributed by atoms with Gasteiger partial charge >= 0.3 is 11.9 Å². The van der Waals surface area contributed by atoms with Gasteiger partial charge in [-0.25, -0.2) is 0 Å². The first kappa shape index (κ1) is 18.9. The minimum atomic E-state index is -2.02. The molecule has 0 bridgehead atoms. The molecule has 126 valence electrons. The van der Waals surface area contributed by atoms with Gasteiger partial charge in [-0.05, 0) is 45.3 Å². The predicted octanol–water partition coefficient (Wildman–Crippen LogP) is 4.07. The fraction of sp³-hybridized carbons (Fsp3) is 0.765. The summed E-state index contributed by atoms with van der Waals surface area (Å²) < 4.78 is 10.5. The van der Waals surface area contributed by atoms with E-state index in [1.165, 1.54) is 19.1 Å². The molecule has 0 spiro atoms. The standard InChI is InChI=1S/C17H30O4Si/c1-6-7-8-10-13-11-9-12-14(13)15(16(18)20-2)17(19)21-22(3,4)5/h11,14-15H,6-10,12H2,1-5H3/t14-,15?/m0/s1. The van der Waals surface area contributed by atoms with Crippen LogP contribution in [0, 0.1) is 11.8 Å². The maximum atomic E-state index is 12.5. The van der Waals surface area contributed by atoms with Crippen molar-refractivity contribution in [1.82, 2.24) is 0 Å². The number of ether oxygens (including phenoxy) is 1. The van der Waals surface area contributed by atoms with Crippen LogP contribution in [0.5, 0.6) is 0 Å². The summed E-state index contributed by atoms with van der Waals surface area (Å²) in [6.07, 6.45) is 8.37. The van der Waals surface area contributed by atoms with Crippen LogP contribution in [0.2, 0.25) is 19.6 Å². The van der Waals surface area contributed by atoms with E-state index < -0.39 is 26.2 Å². The minimum absolute atomic E-state index is 0.0480. The normalized spacial score (nSPS) is 19.5. The summed E-state index contributed by atoms with van der Waals surface area (Å²) in [6.45, 7) is 8.02. The van der Waals surface area contributed by atoms with Crippen molar-refractivity contribution in [3.8, 4) is 0 Å². The highest BCUT2D eigenvalue weighted by molar-refractivity contribution is 6.71. The lowest BCUT2D eigenvalue weighted by molar-refractivity contribution is -0.157. The molecule has 0 aromatic rings. The molecule has 1 rings (SSSR count). The fourth-order valence-corrected chi connectivity index (χ4v) is 3.68. The van der Waals surface area contributed by atoms with Crippen LogP contribution in [0.4, 0.5) is 0 Å². The van der Waals surface area contributed by atoms with Crippen LogP contribution < -0.4 is 0 Å². The van der Waals surface area contributed by atoms with E-state index in [4.69, 9.17) is 9.16 Å². The maximum absolute atomic E-state index is 12.5. The molecule has 0 radical (unpaired) electrons. The van der Waals surface area contributed by atoms with Crippen molar-refractivity contribution in [3.63, 3.8) is 0 Å². The Morgan fingerprint density at radius 3 is 2.50 bits per heavy atom. The lowest BCUT2D eigenvalue weighted by Gasteiger charge is -2.26. The van der Waals surface area contributed by atoms with Crippen molar-refractivity contribution >= 4 is 20.3 Å². The maximum Gasteiger partial charge on any atom is 0.320 e. The molecular formula is C17H30O4Si. The first-order valence-electron chi connectivity index (χ1n) is 8.29. The number of allylic oxidation sites excluding steroid dienone is 2. The van der Waals surface area contributed by atoms with E-state index in [1.807, 2.05) is 19.6 Å². The predicted molar refractivity (Wildman–Crippen MR) is 89.9 cm³/mol. The van der Waals surface area contributed by atoms with Gasteiger partial charge in [0.15, 0.2) is 5.92 Å². The summed E-state index contributed by atoms with van der Waals surface area (Å²) in [6, 6.07) is 0. The first-order chi connectivity index (χ1) is 10.3. The summed E-state index contributed by atoms with van der Waals surface area (Å²) in [5.74, 6) is -1.71. The Hall–Kier alpha value is -1.10. The van der Waals surface area contributed by atoms with E-state index >= 15 is 0 Å². The molecule has 0 aliphatic heterocycles. The quantitative estimate of drug-likeness (QED) is 0.222. The largest absolute Gasteiger partial charge is 0.519 e. The number of hydrogen-bond donors (Lipinski definition) is 0. The van der Waals surface area contributed by atoms with Gasteiger partial charge in [0.25, 0.3) is 0 Å². The van der Waals surface area contributed by atoms with Crippen LogP contribution in [0.15, 0.2) is 11.6 Å². The fourth-order valence-electron chi connectivity index (χ4n) is 2.95. The van der Waals surface area contributed by atoms with E-state index in [-0.39, 0.29) is 5.92 Å². The Bertz CT molecular complexity index is 423. The SMILES string of the molecule is CCCCCC1=CCC[C@@H]1C(C(=O)OC)C(=O)O[Si](C)(C)C. The second-order valence-electron chi connectivity index (χ2n) is 6.95. The van der Waals surface area contributed by atoms with Crippen LogP contribution in [0.3, 0.4) is 0 Å². The molecule has 0 aromatic heterocycles. The Labute approximate surface area is 135 Å². The molecule has 1 aliphatic carbocycles. The van der Waals surface area contributed by atoms with E-state index in [0.29, 0.717) is 0 Å². The summed E-state index contributed by atoms with van der Waals surface area (Å²) in [5.41, 5.74) is 1.23. The van der Waals surface area contributed by atoms with E-state index in [1.54, 1.807) is 0 Å². The Morgan fingerprint density at radius 2 is 1.95 bits per heavy atom. The third-order valence-corrected chi connectivity index (χ3v) is 4.76. The Balaban J connectivity index is 2.85. The molecule has 4 nitrogen and oxygen atoms in total. The highest BCUT2D eigenvalue weighted by atomic mass is 28.4. The number of carbonyl (C=O) groups is 2. The molecule has 5 heteroatoms. The first-order valence-corrected chi connectivity index (χ1v) is 11.7. The zero-order chi connectivity index (χ0) is 16.8. The number of methoxy groups -OCH3 is 1. The zero-order valence-electron chi connectivity index (χ0n) is 14.6. The summed E-state index contributed by atoms with van der Waals surface area (Å²) in [4.78, 5) is 24.7. The van der Waals surface area contributed by atoms with Gasteiger partial charge in [0, 0.05) is 5.92 Å². The van der Waals surface area contributed by atoms with Crippen molar-refractivity contribution in [2.45, 2.75) is 65.1 Å². The van der Waals surface area contributed by atoms with Crippen LogP contribution in [-0.4, -0.2) is 27.4 Å². The number of unbranched alkanes of at least 4 members (excludes halogenated alkanes) is 2. The smallest absolute Gasteiger partial charge is 0.320 e. The van der Waals surface area contributed by atoms with Crippen LogP contribution in [-0.2, 0) is 18.8 Å². The highest BCUT2D eigenvalue weighted by Crippen LogP contribution is 2.37. The van der Waals surface area contributed by atoms with Gasteiger partial charge < -0.3 is 9.16 Å². The Morgan fingerprint density at radius 1 is 1.27 bits per heavy atom. The summed E-state index contributed by atoms with van der Waals surface area (Å²) in [7, 11) is -0.683. The molecule has 0 saturated heterocycles. The number of hydrogen-bond acceptors (Lipinski definition) is 4. The van der Waals surface area contributed by atoms with Crippen molar-refractivity contribution in [2.75, 3.05) is 7.11 Å². The van der Waals surface area contributed by atoms with Gasteiger partial charge in [-0.1, -0.05) is 31.4 Å². The molecule has 0 heterocycles. The number of esters is 1. The second kappa shape index (κ2) is 8.51. The number of rotatable bonds is 8. The molecular weight excluding hydrogens is 296 g/mol. The zero-order valence-corrected chi connectivity index (χ0v) is 15.6. The number of carbonyl (C=O) groups excluding carboxylic acids is 2. The lowest BCUT2D eigenvalue weighted by Crippen LogP contribution is -2.39. The lowest BCUT2D eigenvalue weighted by atomic mass is 9.84. The molecule has 0 aromatic carbocycles. The second-order valence-corrected chi connectivity index (χ2v) is 11.4. The van der Waals surface area contributed by atoms with Crippen molar-refractivity contribution in [3.05, 3.63) is 11.6 Å². The molecule has 1 aliphatic rings. The molecule has 0 saturated carbocycles. The molecule has 0 fully saturated rings. The van der Waals surface area contributed by atoms with Crippen molar-refractivity contribution < 1.29 is 18.8 Å². The van der Waals surface area contributed by atoms with Crippen LogP contribution in [0.25, 0.3) is 0 Å². The molecule has 1 unspecified atom stereocenters. The summed E-state index contributed by atoms with van der Waals surface area (Å²) >= 11 is 0.